The van der Waals surface area contributed by atoms with Crippen LogP contribution in [0.15, 0.2) is 35.7 Å². The Balaban J connectivity index is 1.49. The first-order chi connectivity index (χ1) is 12.4. The Labute approximate surface area is 157 Å². The van der Waals surface area contributed by atoms with Gasteiger partial charge in [-0.1, -0.05) is 18.2 Å². The molecule has 0 saturated carbocycles. The molecule has 0 bridgehead atoms. The summed E-state index contributed by atoms with van der Waals surface area (Å²) in [7, 11) is 0. The summed E-state index contributed by atoms with van der Waals surface area (Å²) < 4.78 is 0. The molecule has 1 aliphatic heterocycles. The lowest BCUT2D eigenvalue weighted by molar-refractivity contribution is -0.125. The van der Waals surface area contributed by atoms with Gasteiger partial charge < -0.3 is 16.0 Å². The molecule has 1 aliphatic rings. The molecular formula is C19H24N4O2S. The summed E-state index contributed by atoms with van der Waals surface area (Å²) >= 11 is 1.54. The molecule has 0 aliphatic carbocycles. The minimum Gasteiger partial charge on any atom is -0.350 e. The highest BCUT2D eigenvalue weighted by Gasteiger charge is 2.34. The van der Waals surface area contributed by atoms with Crippen LogP contribution in [-0.2, 0) is 17.9 Å². The summed E-state index contributed by atoms with van der Waals surface area (Å²) in [5.74, 6) is 0.0123. The first-order valence-electron chi connectivity index (χ1n) is 8.75. The van der Waals surface area contributed by atoms with Crippen molar-refractivity contribution in [1.29, 1.82) is 0 Å². The van der Waals surface area contributed by atoms with Crippen molar-refractivity contribution in [2.45, 2.75) is 51.4 Å². The average molecular weight is 372 g/mol. The van der Waals surface area contributed by atoms with Gasteiger partial charge in [-0.05, 0) is 32.4 Å². The lowest BCUT2D eigenvalue weighted by Crippen LogP contribution is -2.60. The molecule has 1 aromatic carbocycles. The van der Waals surface area contributed by atoms with Gasteiger partial charge in [0.2, 0.25) is 5.91 Å². The maximum atomic E-state index is 12.1. The molecule has 2 aromatic rings. The van der Waals surface area contributed by atoms with Crippen molar-refractivity contribution in [3.8, 4) is 0 Å². The number of piperidine rings is 1. The molecule has 3 N–H and O–H groups in total. The first-order valence-corrected chi connectivity index (χ1v) is 9.63. The summed E-state index contributed by atoms with van der Waals surface area (Å²) in [6, 6.07) is 9.36. The zero-order chi connectivity index (χ0) is 18.6. The van der Waals surface area contributed by atoms with Crippen LogP contribution in [0.25, 0.3) is 0 Å². The van der Waals surface area contributed by atoms with Crippen molar-refractivity contribution >= 4 is 23.2 Å². The predicted octanol–water partition coefficient (Wildman–Crippen LogP) is 2.22. The Morgan fingerprint density at radius 2 is 2.08 bits per heavy atom. The van der Waals surface area contributed by atoms with Gasteiger partial charge in [0.1, 0.15) is 5.01 Å². The van der Waals surface area contributed by atoms with Crippen molar-refractivity contribution in [1.82, 2.24) is 20.9 Å². The summed E-state index contributed by atoms with van der Waals surface area (Å²) in [6.45, 7) is 5.14. The Kier molecular flexibility index (Phi) is 5.68. The van der Waals surface area contributed by atoms with Crippen LogP contribution in [0.1, 0.15) is 47.7 Å². The van der Waals surface area contributed by atoms with E-state index in [0.717, 1.165) is 17.1 Å². The SMILES string of the molecule is CC1(C)NC(=O)CCC1NCc1csc(CNC(=O)c2ccccc2)n1. The second-order valence-electron chi connectivity index (χ2n) is 7.02. The standard InChI is InChI=1S/C19H24N4O2S/c1-19(2)15(8-9-16(24)23-19)20-10-14-12-26-17(22-14)11-21-18(25)13-6-4-3-5-7-13/h3-7,12,15,20H,8-11H2,1-2H3,(H,21,25)(H,23,24). The Morgan fingerprint density at radius 1 is 1.31 bits per heavy atom. The highest BCUT2D eigenvalue weighted by molar-refractivity contribution is 7.09. The Morgan fingerprint density at radius 3 is 2.81 bits per heavy atom. The number of hydrogen-bond acceptors (Lipinski definition) is 5. The third-order valence-electron chi connectivity index (χ3n) is 4.56. The minimum absolute atomic E-state index is 0.0971. The molecule has 6 nitrogen and oxygen atoms in total. The van der Waals surface area contributed by atoms with Crippen LogP contribution in [0, 0.1) is 0 Å². The lowest BCUT2D eigenvalue weighted by Gasteiger charge is -2.39. The Hall–Kier alpha value is -2.25. The van der Waals surface area contributed by atoms with Gasteiger partial charge in [-0.25, -0.2) is 4.98 Å². The molecule has 0 radical (unpaired) electrons. The fourth-order valence-corrected chi connectivity index (χ4v) is 3.82. The second-order valence-corrected chi connectivity index (χ2v) is 7.97. The van der Waals surface area contributed by atoms with Gasteiger partial charge in [-0.3, -0.25) is 9.59 Å². The third kappa shape index (κ3) is 4.68. The van der Waals surface area contributed by atoms with Crippen molar-refractivity contribution in [3.63, 3.8) is 0 Å². The van der Waals surface area contributed by atoms with E-state index in [4.69, 9.17) is 0 Å². The summed E-state index contributed by atoms with van der Waals surface area (Å²) in [6.07, 6.45) is 1.37. The number of rotatable bonds is 6. The molecule has 1 unspecified atom stereocenters. The Bertz CT molecular complexity index is 773. The van der Waals surface area contributed by atoms with Crippen LogP contribution >= 0.6 is 11.3 Å². The van der Waals surface area contributed by atoms with E-state index in [1.54, 1.807) is 12.1 Å². The highest BCUT2D eigenvalue weighted by atomic mass is 32.1. The largest absolute Gasteiger partial charge is 0.350 e. The van der Waals surface area contributed by atoms with Crippen LogP contribution in [0.5, 0.6) is 0 Å². The molecule has 1 saturated heterocycles. The molecule has 2 heterocycles. The zero-order valence-electron chi connectivity index (χ0n) is 15.0. The van der Waals surface area contributed by atoms with Gasteiger partial charge in [0, 0.05) is 35.5 Å². The molecular weight excluding hydrogens is 348 g/mol. The molecule has 7 heteroatoms. The van der Waals surface area contributed by atoms with Crippen molar-refractivity contribution in [2.75, 3.05) is 0 Å². The first kappa shape index (κ1) is 18.5. The maximum Gasteiger partial charge on any atom is 0.251 e. The lowest BCUT2D eigenvalue weighted by atomic mass is 9.87. The number of aromatic nitrogens is 1. The number of amides is 2. The topological polar surface area (TPSA) is 83.1 Å². The van der Waals surface area contributed by atoms with Crippen LogP contribution in [0.3, 0.4) is 0 Å². The van der Waals surface area contributed by atoms with E-state index in [9.17, 15) is 9.59 Å². The number of benzene rings is 1. The van der Waals surface area contributed by atoms with E-state index < -0.39 is 0 Å². The summed E-state index contributed by atoms with van der Waals surface area (Å²) in [5.41, 5.74) is 1.33. The van der Waals surface area contributed by atoms with Gasteiger partial charge in [0.15, 0.2) is 0 Å². The van der Waals surface area contributed by atoms with Crippen molar-refractivity contribution in [2.24, 2.45) is 0 Å². The van der Waals surface area contributed by atoms with E-state index in [-0.39, 0.29) is 23.4 Å². The molecule has 2 amide bonds. The number of carbonyl (C=O) groups excluding carboxylic acids is 2. The van der Waals surface area contributed by atoms with Gasteiger partial charge in [0.25, 0.3) is 5.91 Å². The summed E-state index contributed by atoms with van der Waals surface area (Å²) in [4.78, 5) is 28.2. The number of carbonyl (C=O) groups is 2. The van der Waals surface area contributed by atoms with Crippen LogP contribution in [0.4, 0.5) is 0 Å². The quantitative estimate of drug-likeness (QED) is 0.726. The highest BCUT2D eigenvalue weighted by Crippen LogP contribution is 2.20. The molecule has 1 atom stereocenters. The molecule has 3 rings (SSSR count). The number of nitrogens with zero attached hydrogens (tertiary/aromatic N) is 1. The number of hydrogen-bond donors (Lipinski definition) is 3. The molecule has 1 aromatic heterocycles. The van der Waals surface area contributed by atoms with Gasteiger partial charge in [0.05, 0.1) is 12.2 Å². The maximum absolute atomic E-state index is 12.1. The number of thiazole rings is 1. The number of nitrogens with one attached hydrogen (secondary N) is 3. The molecule has 0 spiro atoms. The normalized spacial score (nSPS) is 19.0. The van der Waals surface area contributed by atoms with Crippen LogP contribution in [0.2, 0.25) is 0 Å². The molecule has 26 heavy (non-hydrogen) atoms. The molecule has 1 fully saturated rings. The molecule has 138 valence electrons. The van der Waals surface area contributed by atoms with Crippen LogP contribution in [-0.4, -0.2) is 28.4 Å². The van der Waals surface area contributed by atoms with Gasteiger partial charge in [-0.2, -0.15) is 0 Å². The van der Waals surface area contributed by atoms with E-state index in [2.05, 4.69) is 20.9 Å². The smallest absolute Gasteiger partial charge is 0.251 e. The summed E-state index contributed by atoms with van der Waals surface area (Å²) in [5, 5.41) is 12.3. The fourth-order valence-electron chi connectivity index (χ4n) is 3.09. The average Bonchev–Trinajstić information content (AvgIpc) is 3.07. The van der Waals surface area contributed by atoms with E-state index in [0.29, 0.717) is 25.1 Å². The fraction of sp³-hybridized carbons (Fsp3) is 0.421. The van der Waals surface area contributed by atoms with E-state index in [1.807, 2.05) is 37.4 Å². The predicted molar refractivity (Wildman–Crippen MR) is 102 cm³/mol. The van der Waals surface area contributed by atoms with Crippen molar-refractivity contribution in [3.05, 3.63) is 52.0 Å². The van der Waals surface area contributed by atoms with Gasteiger partial charge in [-0.15, -0.1) is 11.3 Å². The third-order valence-corrected chi connectivity index (χ3v) is 5.46. The van der Waals surface area contributed by atoms with Crippen LogP contribution < -0.4 is 16.0 Å². The van der Waals surface area contributed by atoms with E-state index in [1.165, 1.54) is 11.3 Å². The monoisotopic (exact) mass is 372 g/mol. The van der Waals surface area contributed by atoms with E-state index >= 15 is 0 Å². The van der Waals surface area contributed by atoms with Gasteiger partial charge >= 0.3 is 0 Å². The zero-order valence-corrected chi connectivity index (χ0v) is 15.9. The second kappa shape index (κ2) is 7.97. The minimum atomic E-state index is -0.266. The van der Waals surface area contributed by atoms with Crippen molar-refractivity contribution < 1.29 is 9.59 Å².